The van der Waals surface area contributed by atoms with E-state index in [0.29, 0.717) is 77.3 Å². The summed E-state index contributed by atoms with van der Waals surface area (Å²) in [6.07, 6.45) is 6.18. The van der Waals surface area contributed by atoms with Crippen molar-refractivity contribution < 1.29 is 57.8 Å². The lowest BCUT2D eigenvalue weighted by Crippen LogP contribution is -2.63. The van der Waals surface area contributed by atoms with Crippen LogP contribution < -0.4 is 11.1 Å². The van der Waals surface area contributed by atoms with Crippen LogP contribution in [0.1, 0.15) is 119 Å². The number of Topliss-reactive ketones (excluding diaryl/α,β-unsaturated/α-hetero) is 1. The zero-order valence-corrected chi connectivity index (χ0v) is 38.9. The van der Waals surface area contributed by atoms with Gasteiger partial charge in [0.15, 0.2) is 11.9 Å². The van der Waals surface area contributed by atoms with Crippen LogP contribution in [0.2, 0.25) is 0 Å². The van der Waals surface area contributed by atoms with Crippen LogP contribution in [0.4, 0.5) is 4.79 Å². The van der Waals surface area contributed by atoms with Crippen LogP contribution in [-0.4, -0.2) is 139 Å². The van der Waals surface area contributed by atoms with Crippen molar-refractivity contribution in [1.29, 1.82) is 0 Å². The number of likely N-dealkylation sites (N-methyl/N-ethyl adjacent to an activating group) is 1. The Hall–Kier alpha value is -2.47. The summed E-state index contributed by atoms with van der Waals surface area (Å²) in [5.74, 6) is -5.39. The minimum atomic E-state index is -1.41. The zero-order chi connectivity index (χ0) is 45.6. The molecular formula is C47H79N3O12. The number of esters is 1. The van der Waals surface area contributed by atoms with E-state index in [1.54, 1.807) is 13.0 Å². The van der Waals surface area contributed by atoms with Gasteiger partial charge in [-0.2, -0.15) is 0 Å². The van der Waals surface area contributed by atoms with E-state index in [1.165, 1.54) is 6.08 Å². The fourth-order valence-corrected chi connectivity index (χ4v) is 10.5. The van der Waals surface area contributed by atoms with Gasteiger partial charge in [0.2, 0.25) is 5.79 Å². The number of nitrogens with one attached hydrogen (secondary N) is 1. The normalized spacial score (nSPS) is 38.6. The first kappa shape index (κ1) is 50.5. The van der Waals surface area contributed by atoms with E-state index >= 15 is 0 Å². The van der Waals surface area contributed by atoms with Crippen LogP contribution in [0.25, 0.3) is 0 Å². The summed E-state index contributed by atoms with van der Waals surface area (Å²) in [4.78, 5) is 42.6. The molecule has 5 heterocycles. The molecule has 15 heteroatoms. The molecular weight excluding hydrogens is 799 g/mol. The molecule has 0 aromatic rings. The highest BCUT2D eigenvalue weighted by atomic mass is 16.8. The first-order chi connectivity index (χ1) is 29.4. The standard InChI is InChI=1S/C47H79N3O12/c1-11-26-56-43(53)32(12-2)34-16-15-17-37(58-34)39(48)41(52)30(7)40(51)33(13-3)42-28(5)27-29(6)46(61-42)23-20-38(59-44(54)49-24-25-50(9)10)47(62-46)22-19-36(60-47)35-18-21-45(55,14-4)31(8)57-35/h11,20,23,28-39,41-42,52,55H,1,12-19,21-22,24-27,48H2,2-10H3,(H,49,54)/t28-,29+,30+,31-,32+,33-,34+,35+,36?,37+,38+,39+,41+,42-,45+,46-,47-/m0/s1. The molecule has 4 fully saturated rings. The minimum Gasteiger partial charge on any atom is -0.461 e. The van der Waals surface area contributed by atoms with E-state index in [2.05, 4.69) is 25.7 Å². The van der Waals surface area contributed by atoms with Gasteiger partial charge in [0, 0.05) is 37.3 Å². The molecule has 5 aliphatic heterocycles. The van der Waals surface area contributed by atoms with Gasteiger partial charge in [-0.15, -0.1) is 0 Å². The minimum absolute atomic E-state index is 0.0483. The van der Waals surface area contributed by atoms with Gasteiger partial charge in [0.1, 0.15) is 12.4 Å². The fourth-order valence-electron chi connectivity index (χ4n) is 10.5. The van der Waals surface area contributed by atoms with Crippen LogP contribution in [-0.2, 0) is 42.7 Å². The van der Waals surface area contributed by atoms with Crippen molar-refractivity contribution in [1.82, 2.24) is 10.2 Å². The number of aliphatic hydroxyl groups excluding tert-OH is 1. The number of nitrogens with zero attached hydrogens (tertiary/aromatic N) is 1. The van der Waals surface area contributed by atoms with E-state index in [9.17, 15) is 24.6 Å². The molecule has 0 radical (unpaired) electrons. The van der Waals surface area contributed by atoms with Gasteiger partial charge in [-0.1, -0.05) is 54.2 Å². The second-order valence-corrected chi connectivity index (χ2v) is 19.1. The van der Waals surface area contributed by atoms with Crippen molar-refractivity contribution in [2.75, 3.05) is 33.8 Å². The van der Waals surface area contributed by atoms with Crippen LogP contribution in [0, 0.1) is 29.6 Å². The van der Waals surface area contributed by atoms with Crippen LogP contribution in [0.5, 0.6) is 0 Å². The summed E-state index contributed by atoms with van der Waals surface area (Å²) in [6, 6.07) is -0.868. The summed E-state index contributed by atoms with van der Waals surface area (Å²) < 4.78 is 45.3. The number of hydrogen-bond acceptors (Lipinski definition) is 14. The van der Waals surface area contributed by atoms with Crippen molar-refractivity contribution in [3.05, 3.63) is 24.8 Å². The van der Waals surface area contributed by atoms with E-state index in [-0.39, 0.29) is 42.4 Å². The van der Waals surface area contributed by atoms with Crippen molar-refractivity contribution in [2.45, 2.75) is 191 Å². The number of rotatable bonds is 18. The number of nitrogens with two attached hydrogens (primary N) is 1. The monoisotopic (exact) mass is 878 g/mol. The lowest BCUT2D eigenvalue weighted by molar-refractivity contribution is -0.400. The average molecular weight is 878 g/mol. The Morgan fingerprint density at radius 1 is 1.00 bits per heavy atom. The Bertz CT molecular complexity index is 1550. The Kier molecular flexibility index (Phi) is 17.7. The Morgan fingerprint density at radius 2 is 1.69 bits per heavy atom. The highest BCUT2D eigenvalue weighted by Crippen LogP contribution is 2.52. The molecule has 2 spiro atoms. The first-order valence-electron chi connectivity index (χ1n) is 23.5. The molecule has 0 aliphatic carbocycles. The van der Waals surface area contributed by atoms with E-state index in [0.717, 1.165) is 6.42 Å². The SMILES string of the molecule is C=CCOC(=O)[C@H](CC)[C@H]1CCC[C@H]([C@@H](N)[C@H](O)[C@H](C)C(=O)[C@H](CC)[C@H]2O[C@]3(C=C[C@@H](OC(=O)NCCN(C)C)[C@]4(CCC([C@H]5CC[C@](O)(CC)[C@H](C)O5)O4)O3)[C@H](C)C[C@@H]2C)O1. The van der Waals surface area contributed by atoms with Crippen LogP contribution in [0.3, 0.4) is 0 Å². The van der Waals surface area contributed by atoms with Gasteiger partial charge in [-0.25, -0.2) is 4.79 Å². The smallest absolute Gasteiger partial charge is 0.407 e. The van der Waals surface area contributed by atoms with E-state index in [1.807, 2.05) is 52.8 Å². The summed E-state index contributed by atoms with van der Waals surface area (Å²) in [5.41, 5.74) is 5.81. The van der Waals surface area contributed by atoms with Crippen LogP contribution in [0.15, 0.2) is 24.8 Å². The molecule has 0 bridgehead atoms. The molecule has 15 nitrogen and oxygen atoms in total. The van der Waals surface area contributed by atoms with Crippen molar-refractivity contribution in [3.63, 3.8) is 0 Å². The third-order valence-electron chi connectivity index (χ3n) is 14.6. The molecule has 354 valence electrons. The molecule has 0 saturated carbocycles. The number of carbonyl (C=O) groups is 3. The maximum Gasteiger partial charge on any atom is 0.407 e. The Labute approximate surface area is 370 Å². The second-order valence-electron chi connectivity index (χ2n) is 19.1. The molecule has 0 aromatic heterocycles. The van der Waals surface area contributed by atoms with E-state index < -0.39 is 83.7 Å². The molecule has 5 rings (SSSR count). The lowest BCUT2D eigenvalue weighted by atomic mass is 9.73. The number of ether oxygens (including phenoxy) is 7. The van der Waals surface area contributed by atoms with Gasteiger partial charge in [-0.3, -0.25) is 9.59 Å². The van der Waals surface area contributed by atoms with Gasteiger partial charge in [0.25, 0.3) is 0 Å². The van der Waals surface area contributed by atoms with Crippen molar-refractivity contribution in [2.24, 2.45) is 35.3 Å². The third kappa shape index (κ3) is 11.1. The lowest BCUT2D eigenvalue weighted by Gasteiger charge is -2.54. The number of ketones is 1. The summed E-state index contributed by atoms with van der Waals surface area (Å²) in [5, 5.41) is 25.7. The van der Waals surface area contributed by atoms with Crippen molar-refractivity contribution in [3.8, 4) is 0 Å². The quantitative estimate of drug-likeness (QED) is 0.104. The van der Waals surface area contributed by atoms with E-state index in [4.69, 9.17) is 38.9 Å². The predicted molar refractivity (Wildman–Crippen MR) is 233 cm³/mol. The summed E-state index contributed by atoms with van der Waals surface area (Å²) >= 11 is 0. The molecule has 1 unspecified atom stereocenters. The predicted octanol–water partition coefficient (Wildman–Crippen LogP) is 5.18. The largest absolute Gasteiger partial charge is 0.461 e. The molecule has 4 saturated heterocycles. The molecule has 5 N–H and O–H groups in total. The summed E-state index contributed by atoms with van der Waals surface area (Å²) in [7, 11) is 3.85. The maximum atomic E-state index is 14.6. The van der Waals surface area contributed by atoms with Crippen LogP contribution >= 0.6 is 0 Å². The number of carbonyl (C=O) groups excluding carboxylic acids is 3. The van der Waals surface area contributed by atoms with Crippen molar-refractivity contribution >= 4 is 17.8 Å². The number of aliphatic hydroxyl groups is 2. The van der Waals surface area contributed by atoms with Gasteiger partial charge >= 0.3 is 12.1 Å². The van der Waals surface area contributed by atoms with Gasteiger partial charge < -0.3 is 59.3 Å². The Balaban J connectivity index is 1.34. The second kappa shape index (κ2) is 21.7. The molecule has 62 heavy (non-hydrogen) atoms. The summed E-state index contributed by atoms with van der Waals surface area (Å²) in [6.45, 7) is 18.3. The number of alkyl carbamates (subject to hydrolysis) is 1. The fraction of sp³-hybridized carbons (Fsp3) is 0.851. The maximum absolute atomic E-state index is 14.6. The number of hydrogen-bond donors (Lipinski definition) is 4. The average Bonchev–Trinajstić information content (AvgIpc) is 3.67. The highest BCUT2D eigenvalue weighted by Gasteiger charge is 2.61. The van der Waals surface area contributed by atoms with Gasteiger partial charge in [0.05, 0.1) is 60.3 Å². The molecule has 5 aliphatic rings. The highest BCUT2D eigenvalue weighted by molar-refractivity contribution is 5.84. The topological polar surface area (TPSA) is 198 Å². The molecule has 1 amide bonds. The van der Waals surface area contributed by atoms with Gasteiger partial charge in [-0.05, 0) is 103 Å². The third-order valence-corrected chi connectivity index (χ3v) is 14.6. The zero-order valence-electron chi connectivity index (χ0n) is 38.9. The molecule has 17 atom stereocenters. The number of amides is 1. The Morgan fingerprint density at radius 3 is 2.34 bits per heavy atom. The molecule has 0 aromatic carbocycles. The first-order valence-corrected chi connectivity index (χ1v) is 23.5.